The van der Waals surface area contributed by atoms with Gasteiger partial charge in [0.2, 0.25) is 11.8 Å². The standard InChI is InChI=1S/C18H21ClN2O3/c19-13-3-1-12(2-4-13)10-20-7-8-21(11-17(20)22)18(23)15-9-14-5-6-16(15)24-14/h1-4,14-16H,5-11H2/t14-,15-,16-/m1/s1. The fourth-order valence-corrected chi connectivity index (χ4v) is 4.13. The molecule has 4 rings (SSSR count). The first-order valence-corrected chi connectivity index (χ1v) is 8.94. The molecule has 3 aliphatic rings. The van der Waals surface area contributed by atoms with Crippen LogP contribution in [0.4, 0.5) is 0 Å². The van der Waals surface area contributed by atoms with E-state index < -0.39 is 0 Å². The summed E-state index contributed by atoms with van der Waals surface area (Å²) in [7, 11) is 0. The van der Waals surface area contributed by atoms with Crippen molar-refractivity contribution in [3.8, 4) is 0 Å². The third kappa shape index (κ3) is 3.03. The topological polar surface area (TPSA) is 49.9 Å². The third-order valence-corrected chi connectivity index (χ3v) is 5.59. The maximum atomic E-state index is 12.7. The highest BCUT2D eigenvalue weighted by Crippen LogP contribution is 2.39. The molecule has 0 unspecified atom stereocenters. The average molecular weight is 349 g/mol. The van der Waals surface area contributed by atoms with Gasteiger partial charge in [-0.1, -0.05) is 23.7 Å². The van der Waals surface area contributed by atoms with Crippen LogP contribution in [0.3, 0.4) is 0 Å². The van der Waals surface area contributed by atoms with E-state index in [4.69, 9.17) is 16.3 Å². The molecular formula is C18H21ClN2O3. The van der Waals surface area contributed by atoms with Crippen molar-refractivity contribution in [3.63, 3.8) is 0 Å². The molecule has 0 aromatic heterocycles. The minimum absolute atomic E-state index is 0.00799. The Morgan fingerprint density at radius 1 is 1.21 bits per heavy atom. The van der Waals surface area contributed by atoms with Gasteiger partial charge in [-0.2, -0.15) is 0 Å². The number of amides is 2. The number of benzene rings is 1. The van der Waals surface area contributed by atoms with Crippen LogP contribution in [0.25, 0.3) is 0 Å². The molecule has 1 aromatic rings. The molecule has 24 heavy (non-hydrogen) atoms. The summed E-state index contributed by atoms with van der Waals surface area (Å²) in [5.41, 5.74) is 1.05. The molecule has 0 aliphatic carbocycles. The lowest BCUT2D eigenvalue weighted by atomic mass is 9.88. The highest BCUT2D eigenvalue weighted by molar-refractivity contribution is 6.30. The van der Waals surface area contributed by atoms with Crippen LogP contribution in [0.1, 0.15) is 24.8 Å². The Kier molecular flexibility index (Phi) is 4.22. The van der Waals surface area contributed by atoms with Crippen LogP contribution >= 0.6 is 11.6 Å². The largest absolute Gasteiger partial charge is 0.374 e. The van der Waals surface area contributed by atoms with Crippen LogP contribution in [0.15, 0.2) is 24.3 Å². The summed E-state index contributed by atoms with van der Waals surface area (Å²) in [6, 6.07) is 7.52. The minimum atomic E-state index is -0.0423. The van der Waals surface area contributed by atoms with E-state index in [0.717, 1.165) is 24.8 Å². The molecule has 3 fully saturated rings. The molecule has 1 aromatic carbocycles. The van der Waals surface area contributed by atoms with E-state index >= 15 is 0 Å². The zero-order chi connectivity index (χ0) is 16.7. The summed E-state index contributed by atoms with van der Waals surface area (Å²) in [5.74, 6) is 0.0645. The van der Waals surface area contributed by atoms with Crippen LogP contribution in [0, 0.1) is 5.92 Å². The molecule has 0 spiro atoms. The summed E-state index contributed by atoms with van der Waals surface area (Å²) in [5, 5.41) is 0.688. The van der Waals surface area contributed by atoms with E-state index in [0.29, 0.717) is 24.7 Å². The molecule has 6 heteroatoms. The monoisotopic (exact) mass is 348 g/mol. The molecule has 3 heterocycles. The average Bonchev–Trinajstić information content (AvgIpc) is 3.21. The van der Waals surface area contributed by atoms with Gasteiger partial charge in [0.25, 0.3) is 0 Å². The minimum Gasteiger partial charge on any atom is -0.374 e. The first-order chi connectivity index (χ1) is 11.6. The predicted molar refractivity (Wildman–Crippen MR) is 89.5 cm³/mol. The second-order valence-corrected chi connectivity index (χ2v) is 7.35. The molecule has 0 saturated carbocycles. The number of piperazine rings is 1. The Morgan fingerprint density at radius 2 is 2.00 bits per heavy atom. The fourth-order valence-electron chi connectivity index (χ4n) is 4.01. The first kappa shape index (κ1) is 15.9. The van der Waals surface area contributed by atoms with Crippen LogP contribution in [-0.2, 0) is 20.9 Å². The summed E-state index contributed by atoms with van der Waals surface area (Å²) >= 11 is 5.89. The zero-order valence-electron chi connectivity index (χ0n) is 13.5. The van der Waals surface area contributed by atoms with Gasteiger partial charge in [0, 0.05) is 24.7 Å². The van der Waals surface area contributed by atoms with Gasteiger partial charge in [-0.3, -0.25) is 9.59 Å². The predicted octanol–water partition coefficient (Wildman–Crippen LogP) is 2.08. The number of carbonyl (C=O) groups is 2. The molecule has 2 bridgehead atoms. The SMILES string of the molecule is O=C1CN(C(=O)[C@@H]2C[C@H]3CC[C@H]2O3)CCN1Cc1ccc(Cl)cc1. The van der Waals surface area contributed by atoms with Gasteiger partial charge in [-0.15, -0.1) is 0 Å². The smallest absolute Gasteiger partial charge is 0.242 e. The number of ether oxygens (including phenoxy) is 1. The van der Waals surface area contributed by atoms with Crippen molar-refractivity contribution in [2.75, 3.05) is 19.6 Å². The van der Waals surface area contributed by atoms with E-state index in [1.165, 1.54) is 0 Å². The molecule has 3 aliphatic heterocycles. The fraction of sp³-hybridized carbons (Fsp3) is 0.556. The lowest BCUT2D eigenvalue weighted by Gasteiger charge is -2.36. The van der Waals surface area contributed by atoms with Gasteiger partial charge < -0.3 is 14.5 Å². The number of hydrogen-bond donors (Lipinski definition) is 0. The van der Waals surface area contributed by atoms with Crippen molar-refractivity contribution < 1.29 is 14.3 Å². The quantitative estimate of drug-likeness (QED) is 0.840. The molecule has 3 atom stereocenters. The maximum absolute atomic E-state index is 12.7. The van der Waals surface area contributed by atoms with Crippen molar-refractivity contribution in [1.82, 2.24) is 9.80 Å². The van der Waals surface area contributed by atoms with Gasteiger partial charge in [0.15, 0.2) is 0 Å². The molecule has 3 saturated heterocycles. The van der Waals surface area contributed by atoms with Crippen molar-refractivity contribution in [2.45, 2.75) is 38.0 Å². The summed E-state index contributed by atoms with van der Waals surface area (Å²) < 4.78 is 5.78. The number of fused-ring (bicyclic) bond motifs is 2. The second kappa shape index (κ2) is 6.37. The molecule has 5 nitrogen and oxygen atoms in total. The van der Waals surface area contributed by atoms with Gasteiger partial charge >= 0.3 is 0 Å². The van der Waals surface area contributed by atoms with Gasteiger partial charge in [-0.25, -0.2) is 0 Å². The maximum Gasteiger partial charge on any atom is 0.242 e. The summed E-state index contributed by atoms with van der Waals surface area (Å²) in [4.78, 5) is 28.7. The lowest BCUT2D eigenvalue weighted by molar-refractivity contribution is -0.148. The number of hydrogen-bond acceptors (Lipinski definition) is 3. The van der Waals surface area contributed by atoms with Crippen molar-refractivity contribution in [2.24, 2.45) is 5.92 Å². The number of nitrogens with zero attached hydrogens (tertiary/aromatic N) is 2. The summed E-state index contributed by atoms with van der Waals surface area (Å²) in [6.45, 7) is 1.93. The van der Waals surface area contributed by atoms with Crippen molar-refractivity contribution >= 4 is 23.4 Å². The lowest BCUT2D eigenvalue weighted by Crippen LogP contribution is -2.54. The van der Waals surface area contributed by atoms with E-state index in [-0.39, 0.29) is 36.5 Å². The van der Waals surface area contributed by atoms with Gasteiger partial charge in [0.05, 0.1) is 24.7 Å². The summed E-state index contributed by atoms with van der Waals surface area (Å²) in [6.07, 6.45) is 3.20. The second-order valence-electron chi connectivity index (χ2n) is 6.92. The highest BCUT2D eigenvalue weighted by atomic mass is 35.5. The number of rotatable bonds is 3. The zero-order valence-corrected chi connectivity index (χ0v) is 14.2. The highest BCUT2D eigenvalue weighted by Gasteiger charge is 2.46. The Bertz CT molecular complexity index is 648. The molecule has 2 amide bonds. The van der Waals surface area contributed by atoms with Gasteiger partial charge in [-0.05, 0) is 37.0 Å². The van der Waals surface area contributed by atoms with E-state index in [2.05, 4.69) is 0 Å². The normalized spacial score (nSPS) is 29.4. The Morgan fingerprint density at radius 3 is 2.62 bits per heavy atom. The molecule has 0 radical (unpaired) electrons. The first-order valence-electron chi connectivity index (χ1n) is 8.56. The van der Waals surface area contributed by atoms with Crippen LogP contribution in [0.5, 0.6) is 0 Å². The van der Waals surface area contributed by atoms with E-state index in [1.54, 1.807) is 4.90 Å². The molecule has 0 N–H and O–H groups in total. The van der Waals surface area contributed by atoms with Crippen molar-refractivity contribution in [3.05, 3.63) is 34.9 Å². The Hall–Kier alpha value is -1.59. The Balaban J connectivity index is 1.35. The van der Waals surface area contributed by atoms with Crippen LogP contribution in [0.2, 0.25) is 5.02 Å². The molecular weight excluding hydrogens is 328 g/mol. The van der Waals surface area contributed by atoms with E-state index in [1.807, 2.05) is 29.2 Å². The number of halogens is 1. The van der Waals surface area contributed by atoms with Gasteiger partial charge in [0.1, 0.15) is 0 Å². The number of carbonyl (C=O) groups excluding carboxylic acids is 2. The van der Waals surface area contributed by atoms with Crippen molar-refractivity contribution in [1.29, 1.82) is 0 Å². The third-order valence-electron chi connectivity index (χ3n) is 5.34. The van der Waals surface area contributed by atoms with E-state index in [9.17, 15) is 9.59 Å². The van der Waals surface area contributed by atoms with Crippen LogP contribution < -0.4 is 0 Å². The Labute approximate surface area is 146 Å². The van der Waals surface area contributed by atoms with Crippen LogP contribution in [-0.4, -0.2) is 53.5 Å². The molecule has 128 valence electrons.